The summed E-state index contributed by atoms with van der Waals surface area (Å²) in [7, 11) is 1.82. The SMILES string of the molecule is Cn1nc(-c2nc(-c3ccc(F)cc3)no2)c2c1CCN(C(=O)c1cccc(F)c1)C2. The molecule has 7 nitrogen and oxygen atoms in total. The van der Waals surface area contributed by atoms with Gasteiger partial charge in [0.25, 0.3) is 11.8 Å². The average molecular weight is 421 g/mol. The lowest BCUT2D eigenvalue weighted by Gasteiger charge is -2.27. The van der Waals surface area contributed by atoms with Gasteiger partial charge in [-0.3, -0.25) is 9.48 Å². The van der Waals surface area contributed by atoms with Crippen LogP contribution < -0.4 is 0 Å². The first-order valence-electron chi connectivity index (χ1n) is 9.69. The summed E-state index contributed by atoms with van der Waals surface area (Å²) in [6.07, 6.45) is 0.596. The summed E-state index contributed by atoms with van der Waals surface area (Å²) in [5, 5.41) is 8.51. The summed E-state index contributed by atoms with van der Waals surface area (Å²) in [6, 6.07) is 11.4. The third kappa shape index (κ3) is 3.48. The summed E-state index contributed by atoms with van der Waals surface area (Å²) in [5.41, 5.74) is 3.19. The fourth-order valence-electron chi connectivity index (χ4n) is 3.78. The van der Waals surface area contributed by atoms with Crippen LogP contribution in [0.4, 0.5) is 8.78 Å². The Morgan fingerprint density at radius 2 is 1.90 bits per heavy atom. The lowest BCUT2D eigenvalue weighted by Crippen LogP contribution is -2.36. The number of amides is 1. The zero-order chi connectivity index (χ0) is 21.5. The molecule has 156 valence electrons. The van der Waals surface area contributed by atoms with E-state index in [1.165, 1.54) is 30.3 Å². The summed E-state index contributed by atoms with van der Waals surface area (Å²) in [5.74, 6) is -0.522. The highest BCUT2D eigenvalue weighted by Crippen LogP contribution is 2.30. The molecule has 0 saturated carbocycles. The van der Waals surface area contributed by atoms with Crippen molar-refractivity contribution in [2.75, 3.05) is 6.54 Å². The minimum Gasteiger partial charge on any atom is -0.334 e. The second-order valence-corrected chi connectivity index (χ2v) is 7.31. The first-order valence-corrected chi connectivity index (χ1v) is 9.69. The van der Waals surface area contributed by atoms with Gasteiger partial charge in [0.1, 0.15) is 11.6 Å². The zero-order valence-electron chi connectivity index (χ0n) is 16.5. The van der Waals surface area contributed by atoms with Crippen molar-refractivity contribution in [2.45, 2.75) is 13.0 Å². The molecular weight excluding hydrogens is 404 g/mol. The molecule has 0 saturated heterocycles. The number of carbonyl (C=O) groups is 1. The second kappa shape index (κ2) is 7.42. The van der Waals surface area contributed by atoms with Crippen LogP contribution in [-0.4, -0.2) is 37.3 Å². The molecule has 0 aliphatic carbocycles. The molecule has 0 spiro atoms. The maximum Gasteiger partial charge on any atom is 0.279 e. The van der Waals surface area contributed by atoms with Crippen molar-refractivity contribution >= 4 is 5.91 Å². The Labute approximate surface area is 175 Å². The first-order chi connectivity index (χ1) is 15.0. The number of benzene rings is 2. The minimum atomic E-state index is -0.454. The van der Waals surface area contributed by atoms with Crippen molar-refractivity contribution in [3.63, 3.8) is 0 Å². The van der Waals surface area contributed by atoms with E-state index in [0.717, 1.165) is 11.3 Å². The number of fused-ring (bicyclic) bond motifs is 1. The van der Waals surface area contributed by atoms with Gasteiger partial charge in [-0.05, 0) is 42.5 Å². The van der Waals surface area contributed by atoms with Gasteiger partial charge >= 0.3 is 0 Å². The van der Waals surface area contributed by atoms with Crippen LogP contribution in [0, 0.1) is 11.6 Å². The molecule has 0 unspecified atom stereocenters. The zero-order valence-corrected chi connectivity index (χ0v) is 16.5. The van der Waals surface area contributed by atoms with Crippen molar-refractivity contribution in [3.05, 3.63) is 77.0 Å². The molecular formula is C22H17F2N5O2. The van der Waals surface area contributed by atoms with E-state index < -0.39 is 5.82 Å². The first kappa shape index (κ1) is 19.1. The smallest absolute Gasteiger partial charge is 0.279 e. The Bertz CT molecular complexity index is 1280. The molecule has 31 heavy (non-hydrogen) atoms. The normalized spacial score (nSPS) is 13.3. The number of aryl methyl sites for hydroxylation is 1. The standard InChI is InChI=1S/C22H17F2N5O2/c1-28-18-9-10-29(22(30)14-3-2-4-16(24)11-14)12-17(18)19(26-28)21-25-20(27-31-21)13-5-7-15(23)8-6-13/h2-8,11H,9-10,12H2,1H3. The van der Waals surface area contributed by atoms with E-state index >= 15 is 0 Å². The van der Waals surface area contributed by atoms with E-state index in [1.807, 2.05) is 7.05 Å². The van der Waals surface area contributed by atoms with Crippen LogP contribution in [0.25, 0.3) is 23.0 Å². The monoisotopic (exact) mass is 421 g/mol. The van der Waals surface area contributed by atoms with Crippen LogP contribution in [-0.2, 0) is 20.0 Å². The Kier molecular flexibility index (Phi) is 4.58. The molecule has 0 atom stereocenters. The summed E-state index contributed by atoms with van der Waals surface area (Å²) >= 11 is 0. The molecule has 0 fully saturated rings. The number of carbonyl (C=O) groups excluding carboxylic acids is 1. The summed E-state index contributed by atoms with van der Waals surface area (Å²) in [4.78, 5) is 18.9. The fourth-order valence-corrected chi connectivity index (χ4v) is 3.78. The van der Waals surface area contributed by atoms with Crippen molar-refractivity contribution in [3.8, 4) is 23.0 Å². The third-order valence-electron chi connectivity index (χ3n) is 5.33. The molecule has 1 aliphatic rings. The quantitative estimate of drug-likeness (QED) is 0.505. The Hall–Kier alpha value is -3.88. The van der Waals surface area contributed by atoms with E-state index in [4.69, 9.17) is 4.52 Å². The van der Waals surface area contributed by atoms with Crippen LogP contribution in [0.15, 0.2) is 53.1 Å². The molecule has 5 rings (SSSR count). The Balaban J connectivity index is 1.46. The van der Waals surface area contributed by atoms with E-state index in [1.54, 1.807) is 27.8 Å². The summed E-state index contributed by atoms with van der Waals surface area (Å²) in [6.45, 7) is 0.786. The van der Waals surface area contributed by atoms with E-state index in [9.17, 15) is 13.6 Å². The van der Waals surface area contributed by atoms with Crippen LogP contribution >= 0.6 is 0 Å². The van der Waals surface area contributed by atoms with Crippen LogP contribution in [0.1, 0.15) is 21.6 Å². The van der Waals surface area contributed by atoms with Crippen molar-refractivity contribution in [1.29, 1.82) is 0 Å². The van der Waals surface area contributed by atoms with Gasteiger partial charge in [-0.15, -0.1) is 0 Å². The predicted octanol–water partition coefficient (Wildman–Crippen LogP) is 3.61. The number of hydrogen-bond acceptors (Lipinski definition) is 5. The van der Waals surface area contributed by atoms with Crippen molar-refractivity contribution in [1.82, 2.24) is 24.8 Å². The van der Waals surface area contributed by atoms with Crippen LogP contribution in [0.2, 0.25) is 0 Å². The number of hydrogen-bond donors (Lipinski definition) is 0. The highest BCUT2D eigenvalue weighted by atomic mass is 19.1. The molecule has 2 aromatic heterocycles. The number of aromatic nitrogens is 4. The second-order valence-electron chi connectivity index (χ2n) is 7.31. The molecule has 3 heterocycles. The molecule has 1 aliphatic heterocycles. The Morgan fingerprint density at radius 1 is 1.10 bits per heavy atom. The van der Waals surface area contributed by atoms with Crippen molar-refractivity contribution < 1.29 is 18.1 Å². The molecule has 2 aromatic carbocycles. The molecule has 0 bridgehead atoms. The third-order valence-corrected chi connectivity index (χ3v) is 5.33. The maximum atomic E-state index is 13.6. The van der Waals surface area contributed by atoms with Gasteiger partial charge in [-0.2, -0.15) is 10.1 Å². The van der Waals surface area contributed by atoms with Crippen LogP contribution in [0.5, 0.6) is 0 Å². The van der Waals surface area contributed by atoms with Gasteiger partial charge in [0.05, 0.1) is 6.54 Å². The van der Waals surface area contributed by atoms with E-state index in [0.29, 0.717) is 42.2 Å². The molecule has 4 aromatic rings. The largest absolute Gasteiger partial charge is 0.334 e. The van der Waals surface area contributed by atoms with Gasteiger partial charge in [-0.25, -0.2) is 8.78 Å². The molecule has 1 amide bonds. The predicted molar refractivity (Wildman–Crippen MR) is 107 cm³/mol. The highest BCUT2D eigenvalue weighted by molar-refractivity contribution is 5.94. The molecule has 0 N–H and O–H groups in total. The molecule has 0 radical (unpaired) electrons. The minimum absolute atomic E-state index is 0.219. The van der Waals surface area contributed by atoms with Gasteiger partial charge in [-0.1, -0.05) is 11.2 Å². The van der Waals surface area contributed by atoms with Gasteiger partial charge in [0.2, 0.25) is 5.82 Å². The van der Waals surface area contributed by atoms with Gasteiger partial charge in [0, 0.05) is 42.4 Å². The van der Waals surface area contributed by atoms with Crippen molar-refractivity contribution in [2.24, 2.45) is 7.05 Å². The summed E-state index contributed by atoms with van der Waals surface area (Å²) < 4.78 is 33.9. The van der Waals surface area contributed by atoms with Gasteiger partial charge in [0.15, 0.2) is 5.69 Å². The van der Waals surface area contributed by atoms with E-state index in [2.05, 4.69) is 15.2 Å². The van der Waals surface area contributed by atoms with E-state index in [-0.39, 0.29) is 17.6 Å². The number of halogens is 2. The fraction of sp³-hybridized carbons (Fsp3) is 0.182. The van der Waals surface area contributed by atoms with Crippen LogP contribution in [0.3, 0.4) is 0 Å². The van der Waals surface area contributed by atoms with Gasteiger partial charge < -0.3 is 9.42 Å². The molecule has 9 heteroatoms. The maximum absolute atomic E-state index is 13.6. The Morgan fingerprint density at radius 3 is 2.68 bits per heavy atom. The highest BCUT2D eigenvalue weighted by Gasteiger charge is 2.30. The lowest BCUT2D eigenvalue weighted by atomic mass is 10.0. The number of rotatable bonds is 3. The lowest BCUT2D eigenvalue weighted by molar-refractivity contribution is 0.0733. The number of nitrogens with zero attached hydrogens (tertiary/aromatic N) is 5. The topological polar surface area (TPSA) is 77.1 Å². The average Bonchev–Trinajstić information content (AvgIpc) is 3.38.